The van der Waals surface area contributed by atoms with E-state index in [9.17, 15) is 30.0 Å². The SMILES string of the molecule is C[C@@H]1C[C@@H](O)[C@]2(O)O[C@@H]3C[C@@]4(C=O)[C@@H](CC[C@@H]5[C@@H]4CC[C@]4(C)[C@](O)(C6=CC(=O)OC6)CC[C@]54O)C[C@H]3O[C@@H]2O1. The van der Waals surface area contributed by atoms with Crippen molar-refractivity contribution in [2.24, 2.45) is 28.6 Å². The van der Waals surface area contributed by atoms with Crippen LogP contribution in [0.3, 0.4) is 0 Å². The average molecular weight is 549 g/mol. The van der Waals surface area contributed by atoms with Gasteiger partial charge >= 0.3 is 5.97 Å². The van der Waals surface area contributed by atoms with Gasteiger partial charge in [0.2, 0.25) is 12.1 Å². The molecule has 0 amide bonds. The number of fused-ring (bicyclic) bond motifs is 7. The van der Waals surface area contributed by atoms with Gasteiger partial charge in [0.05, 0.1) is 29.5 Å². The second-order valence-corrected chi connectivity index (χ2v) is 13.7. The van der Waals surface area contributed by atoms with Gasteiger partial charge in [0, 0.05) is 28.9 Å². The molecule has 0 spiro atoms. The van der Waals surface area contributed by atoms with Crippen LogP contribution in [0.5, 0.6) is 0 Å². The molecule has 4 aliphatic carbocycles. The molecule has 0 aromatic carbocycles. The van der Waals surface area contributed by atoms with Crippen LogP contribution in [0.1, 0.15) is 71.6 Å². The summed E-state index contributed by atoms with van der Waals surface area (Å²) in [4.78, 5) is 25.0. The van der Waals surface area contributed by atoms with Gasteiger partial charge in [0.15, 0.2) is 0 Å². The molecule has 7 aliphatic rings. The number of aldehydes is 1. The van der Waals surface area contributed by atoms with Gasteiger partial charge < -0.3 is 44.2 Å². The van der Waals surface area contributed by atoms with Crippen molar-refractivity contribution in [3.8, 4) is 0 Å². The van der Waals surface area contributed by atoms with Crippen molar-refractivity contribution in [3.63, 3.8) is 0 Å². The number of aliphatic hydroxyl groups excluding tert-OH is 1. The third-order valence-electron chi connectivity index (χ3n) is 12.3. The number of carbonyl (C=O) groups is 2. The van der Waals surface area contributed by atoms with Gasteiger partial charge in [-0.25, -0.2) is 4.79 Å². The van der Waals surface area contributed by atoms with Crippen LogP contribution < -0.4 is 0 Å². The third-order valence-corrected chi connectivity index (χ3v) is 12.3. The first-order chi connectivity index (χ1) is 18.4. The topological polar surface area (TPSA) is 152 Å². The molecular weight excluding hydrogens is 508 g/mol. The fourth-order valence-corrected chi connectivity index (χ4v) is 10.2. The van der Waals surface area contributed by atoms with Crippen LogP contribution in [0.15, 0.2) is 11.6 Å². The highest BCUT2D eigenvalue weighted by atomic mass is 16.8. The fourth-order valence-electron chi connectivity index (χ4n) is 10.2. The molecule has 216 valence electrons. The molecule has 0 aromatic rings. The first-order valence-corrected chi connectivity index (χ1v) is 14.6. The van der Waals surface area contributed by atoms with E-state index in [4.69, 9.17) is 18.9 Å². The lowest BCUT2D eigenvalue weighted by atomic mass is 9.42. The molecule has 0 radical (unpaired) electrons. The van der Waals surface area contributed by atoms with E-state index in [0.717, 1.165) is 19.1 Å². The summed E-state index contributed by atoms with van der Waals surface area (Å²) < 4.78 is 23.3. The molecule has 3 heterocycles. The highest BCUT2D eigenvalue weighted by Crippen LogP contribution is 2.71. The van der Waals surface area contributed by atoms with Crippen molar-refractivity contribution in [1.82, 2.24) is 0 Å². The fraction of sp³-hybridized carbons (Fsp3) is 0.862. The van der Waals surface area contributed by atoms with Crippen LogP contribution in [0.25, 0.3) is 0 Å². The maximum absolute atomic E-state index is 13.1. The Balaban J connectivity index is 1.20. The summed E-state index contributed by atoms with van der Waals surface area (Å²) in [5.74, 6) is -2.79. The van der Waals surface area contributed by atoms with Crippen LogP contribution >= 0.6 is 0 Å². The van der Waals surface area contributed by atoms with Crippen molar-refractivity contribution in [2.75, 3.05) is 6.61 Å². The summed E-state index contributed by atoms with van der Waals surface area (Å²) in [6.45, 7) is 3.78. The Bertz CT molecular complexity index is 1110. The lowest BCUT2D eigenvalue weighted by molar-refractivity contribution is -0.457. The summed E-state index contributed by atoms with van der Waals surface area (Å²) in [5, 5.41) is 46.4. The molecule has 10 nitrogen and oxygen atoms in total. The smallest absolute Gasteiger partial charge is 0.331 e. The second kappa shape index (κ2) is 8.33. The standard InChI is InChI=1S/C29H40O10/c1-15-9-22(31)29(35)24(37-15)38-20-10-16-3-4-19-18(26(16,14-30)12-21(20)39-29)5-6-25(2)27(33,7-8-28(19,25)34)17-11-23(32)36-13-17/h11,14-16,18-22,24,31,33-35H,3-10,12-13H2,1-2H3/t15-,16+,18+,19-,20-,21-,22-,24+,25-,26-,27-,28+,29+/m1/s1. The maximum atomic E-state index is 13.1. The highest BCUT2D eigenvalue weighted by Gasteiger charge is 2.74. The number of aliphatic hydroxyl groups is 4. The van der Waals surface area contributed by atoms with E-state index in [1.807, 2.05) is 13.8 Å². The summed E-state index contributed by atoms with van der Waals surface area (Å²) in [6.07, 6.45) is 3.29. The van der Waals surface area contributed by atoms with E-state index in [1.165, 1.54) is 6.08 Å². The Labute approximate surface area is 227 Å². The normalized spacial score (nSPS) is 58.2. The predicted octanol–water partition coefficient (Wildman–Crippen LogP) is 1.12. The molecule has 13 atom stereocenters. The van der Waals surface area contributed by atoms with E-state index < -0.39 is 52.3 Å². The second-order valence-electron chi connectivity index (χ2n) is 13.7. The highest BCUT2D eigenvalue weighted by molar-refractivity contribution is 5.86. The predicted molar refractivity (Wildman–Crippen MR) is 133 cm³/mol. The minimum absolute atomic E-state index is 0.0232. The Morgan fingerprint density at radius 2 is 1.79 bits per heavy atom. The summed E-state index contributed by atoms with van der Waals surface area (Å²) in [6, 6.07) is 0. The number of ether oxygens (including phenoxy) is 4. The van der Waals surface area contributed by atoms with Crippen LogP contribution in [0.4, 0.5) is 0 Å². The molecule has 39 heavy (non-hydrogen) atoms. The number of cyclic esters (lactones) is 1. The third kappa shape index (κ3) is 3.22. The zero-order valence-electron chi connectivity index (χ0n) is 22.6. The van der Waals surface area contributed by atoms with Crippen LogP contribution in [0, 0.1) is 28.6 Å². The van der Waals surface area contributed by atoms with Gasteiger partial charge in [-0.3, -0.25) is 0 Å². The maximum Gasteiger partial charge on any atom is 0.331 e. The van der Waals surface area contributed by atoms with Gasteiger partial charge in [-0.05, 0) is 76.0 Å². The number of esters is 1. The number of hydrogen-bond acceptors (Lipinski definition) is 10. The van der Waals surface area contributed by atoms with Crippen LogP contribution in [-0.2, 0) is 28.5 Å². The monoisotopic (exact) mass is 548 g/mol. The van der Waals surface area contributed by atoms with Crippen LogP contribution in [-0.4, -0.2) is 87.0 Å². The molecular formula is C29H40O10. The summed E-state index contributed by atoms with van der Waals surface area (Å²) >= 11 is 0. The van der Waals surface area contributed by atoms with Gasteiger partial charge in [0.1, 0.15) is 19.0 Å². The van der Waals surface area contributed by atoms with E-state index in [1.54, 1.807) is 0 Å². The van der Waals surface area contributed by atoms with Gasteiger partial charge in [0.25, 0.3) is 0 Å². The quantitative estimate of drug-likeness (QED) is 0.224. The number of hydrogen-bond donors (Lipinski definition) is 4. The Morgan fingerprint density at radius 1 is 1.00 bits per heavy atom. The Kier molecular flexibility index (Phi) is 5.66. The van der Waals surface area contributed by atoms with E-state index in [-0.39, 0.29) is 43.0 Å². The molecule has 0 aromatic heterocycles. The van der Waals surface area contributed by atoms with E-state index >= 15 is 0 Å². The zero-order chi connectivity index (χ0) is 27.6. The minimum atomic E-state index is -2.00. The van der Waals surface area contributed by atoms with Gasteiger partial charge in [-0.2, -0.15) is 0 Å². The molecule has 4 N–H and O–H groups in total. The summed E-state index contributed by atoms with van der Waals surface area (Å²) in [5.41, 5.74) is -3.71. The van der Waals surface area contributed by atoms with Gasteiger partial charge in [-0.15, -0.1) is 0 Å². The number of rotatable bonds is 2. The molecule has 6 fully saturated rings. The Hall–Kier alpha value is -1.40. The molecule has 10 heteroatoms. The van der Waals surface area contributed by atoms with Crippen molar-refractivity contribution < 1.29 is 49.0 Å². The molecule has 2 saturated heterocycles. The lowest BCUT2D eigenvalue weighted by Gasteiger charge is -2.65. The molecule has 0 unspecified atom stereocenters. The zero-order valence-corrected chi connectivity index (χ0v) is 22.6. The van der Waals surface area contributed by atoms with E-state index in [2.05, 4.69) is 0 Å². The first kappa shape index (κ1) is 26.5. The van der Waals surface area contributed by atoms with Gasteiger partial charge in [-0.1, -0.05) is 6.92 Å². The Morgan fingerprint density at radius 3 is 2.51 bits per heavy atom. The van der Waals surface area contributed by atoms with Crippen LogP contribution in [0.2, 0.25) is 0 Å². The largest absolute Gasteiger partial charge is 0.458 e. The van der Waals surface area contributed by atoms with Crippen molar-refractivity contribution >= 4 is 12.3 Å². The minimum Gasteiger partial charge on any atom is -0.458 e. The molecule has 3 aliphatic heterocycles. The lowest BCUT2D eigenvalue weighted by Crippen LogP contribution is -2.71. The van der Waals surface area contributed by atoms with E-state index in [0.29, 0.717) is 44.1 Å². The molecule has 7 rings (SSSR count). The van der Waals surface area contributed by atoms with Crippen molar-refractivity contribution in [3.05, 3.63) is 11.6 Å². The molecule has 0 bridgehead atoms. The summed E-state index contributed by atoms with van der Waals surface area (Å²) in [7, 11) is 0. The van der Waals surface area contributed by atoms with Crippen molar-refractivity contribution in [1.29, 1.82) is 0 Å². The first-order valence-electron chi connectivity index (χ1n) is 14.6. The van der Waals surface area contributed by atoms with Crippen molar-refractivity contribution in [2.45, 2.75) is 119 Å². The number of carbonyl (C=O) groups excluding carboxylic acids is 2. The average Bonchev–Trinajstić information content (AvgIpc) is 3.42. The molecule has 4 saturated carbocycles.